The van der Waals surface area contributed by atoms with Crippen molar-refractivity contribution in [2.45, 2.75) is 46.6 Å². The number of ether oxygens (including phenoxy) is 2. The van der Waals surface area contributed by atoms with E-state index in [0.29, 0.717) is 30.9 Å². The predicted octanol–water partition coefficient (Wildman–Crippen LogP) is 5.96. The number of carbonyl (C=O) groups is 1. The molecule has 0 spiro atoms. The number of aromatic nitrogens is 2. The number of morpholine rings is 1. The highest BCUT2D eigenvalue weighted by atomic mass is 16.5. The van der Waals surface area contributed by atoms with Crippen LogP contribution in [0.4, 0.5) is 0 Å². The largest absolute Gasteiger partial charge is 0.462 e. The SMILES string of the molecule is CCOC(=O)c1cc2c(C(C)C)c(-c3cc(C#N)c4[nH]ccc4c3)cn2c(C(C)N2CCOCC2)c1C. The Morgan fingerprint density at radius 3 is 2.65 bits per heavy atom. The van der Waals surface area contributed by atoms with Crippen molar-refractivity contribution in [2.24, 2.45) is 0 Å². The van der Waals surface area contributed by atoms with E-state index in [2.05, 4.69) is 53.4 Å². The lowest BCUT2D eigenvalue weighted by Crippen LogP contribution is -2.39. The van der Waals surface area contributed by atoms with Crippen LogP contribution in [0.2, 0.25) is 0 Å². The molecule has 0 bridgehead atoms. The zero-order valence-electron chi connectivity index (χ0n) is 22.2. The highest BCUT2D eigenvalue weighted by Crippen LogP contribution is 2.40. The first-order chi connectivity index (χ1) is 17.8. The minimum absolute atomic E-state index is 0.0721. The molecular weight excluding hydrogens is 464 g/mol. The number of esters is 1. The van der Waals surface area contributed by atoms with Crippen molar-refractivity contribution in [3.8, 4) is 17.2 Å². The lowest BCUT2D eigenvalue weighted by Gasteiger charge is -2.34. The molecule has 1 N–H and O–H groups in total. The Kier molecular flexibility index (Phi) is 6.80. The van der Waals surface area contributed by atoms with Gasteiger partial charge in [0.05, 0.1) is 42.0 Å². The van der Waals surface area contributed by atoms with Crippen molar-refractivity contribution < 1.29 is 14.3 Å². The maximum Gasteiger partial charge on any atom is 0.338 e. The van der Waals surface area contributed by atoms with E-state index < -0.39 is 0 Å². The molecule has 1 saturated heterocycles. The van der Waals surface area contributed by atoms with E-state index in [1.165, 1.54) is 0 Å². The van der Waals surface area contributed by atoms with E-state index >= 15 is 0 Å². The van der Waals surface area contributed by atoms with E-state index in [-0.39, 0.29) is 17.9 Å². The summed E-state index contributed by atoms with van der Waals surface area (Å²) in [7, 11) is 0. The zero-order valence-corrected chi connectivity index (χ0v) is 22.2. The molecule has 37 heavy (non-hydrogen) atoms. The number of nitriles is 1. The molecular formula is C30H34N4O3. The second-order valence-corrected chi connectivity index (χ2v) is 10.1. The van der Waals surface area contributed by atoms with Gasteiger partial charge in [-0.05, 0) is 67.6 Å². The number of hydrogen-bond acceptors (Lipinski definition) is 5. The molecule has 4 heterocycles. The minimum Gasteiger partial charge on any atom is -0.462 e. The van der Waals surface area contributed by atoms with Crippen molar-refractivity contribution in [1.82, 2.24) is 14.3 Å². The number of carbonyl (C=O) groups excluding carboxylic acids is 1. The van der Waals surface area contributed by atoms with Gasteiger partial charge in [0.15, 0.2) is 0 Å². The molecule has 1 unspecified atom stereocenters. The minimum atomic E-state index is -0.295. The molecule has 4 aromatic rings. The molecule has 3 aromatic heterocycles. The number of aromatic amines is 1. The Morgan fingerprint density at radius 2 is 1.97 bits per heavy atom. The third-order valence-electron chi connectivity index (χ3n) is 7.57. The van der Waals surface area contributed by atoms with Gasteiger partial charge in [-0.15, -0.1) is 0 Å². The number of nitrogens with one attached hydrogen (secondary N) is 1. The second-order valence-electron chi connectivity index (χ2n) is 10.1. The molecule has 1 aliphatic heterocycles. The summed E-state index contributed by atoms with van der Waals surface area (Å²) in [6.07, 6.45) is 4.06. The number of fused-ring (bicyclic) bond motifs is 2. The Bertz CT molecular complexity index is 1520. The topological polar surface area (TPSA) is 82.8 Å². The van der Waals surface area contributed by atoms with Crippen molar-refractivity contribution in [2.75, 3.05) is 32.9 Å². The summed E-state index contributed by atoms with van der Waals surface area (Å²) in [6, 6.07) is 10.5. The molecule has 0 amide bonds. The Morgan fingerprint density at radius 1 is 1.22 bits per heavy atom. The lowest BCUT2D eigenvalue weighted by atomic mass is 9.93. The van der Waals surface area contributed by atoms with E-state index in [1.54, 1.807) is 0 Å². The van der Waals surface area contributed by atoms with Crippen LogP contribution in [0, 0.1) is 18.3 Å². The standard InChI is InChI=1S/C30H34N4O3/c1-6-37-30(35)24-15-26-27(18(2)3)25(22-13-21-7-8-32-28(21)23(14-22)16-31)17-34(26)29(19(24)4)20(5)33-9-11-36-12-10-33/h7-8,13-15,17-18,20,32H,6,9-12H2,1-5H3. The van der Waals surface area contributed by atoms with Gasteiger partial charge in [0.2, 0.25) is 0 Å². The molecule has 0 aliphatic carbocycles. The van der Waals surface area contributed by atoms with Gasteiger partial charge in [-0.1, -0.05) is 13.8 Å². The number of rotatable bonds is 6. The van der Waals surface area contributed by atoms with Crippen LogP contribution in [0.5, 0.6) is 0 Å². The van der Waals surface area contributed by atoms with Crippen LogP contribution < -0.4 is 0 Å². The summed E-state index contributed by atoms with van der Waals surface area (Å²) in [5, 5.41) is 10.9. The quantitative estimate of drug-likeness (QED) is 0.332. The van der Waals surface area contributed by atoms with E-state index in [1.807, 2.05) is 38.2 Å². The molecule has 7 nitrogen and oxygen atoms in total. The maximum atomic E-state index is 13.1. The number of H-pyrrole nitrogens is 1. The van der Waals surface area contributed by atoms with Crippen LogP contribution in [0.25, 0.3) is 27.5 Å². The summed E-state index contributed by atoms with van der Waals surface area (Å²) in [5.41, 5.74) is 8.31. The van der Waals surface area contributed by atoms with Crippen molar-refractivity contribution in [3.63, 3.8) is 0 Å². The molecule has 7 heteroatoms. The Labute approximate surface area is 217 Å². The molecule has 5 rings (SSSR count). The van der Waals surface area contributed by atoms with Gasteiger partial charge in [-0.3, -0.25) is 4.90 Å². The van der Waals surface area contributed by atoms with Crippen molar-refractivity contribution >= 4 is 22.4 Å². The van der Waals surface area contributed by atoms with Crippen LogP contribution >= 0.6 is 0 Å². The summed E-state index contributed by atoms with van der Waals surface area (Å²) in [6.45, 7) is 13.8. The number of nitrogens with zero attached hydrogens (tertiary/aromatic N) is 3. The number of pyridine rings is 1. The average molecular weight is 499 g/mol. The second kappa shape index (κ2) is 10.0. The maximum absolute atomic E-state index is 13.1. The normalized spacial score (nSPS) is 15.4. The van der Waals surface area contributed by atoms with Crippen LogP contribution in [0.15, 0.2) is 36.7 Å². The fourth-order valence-corrected chi connectivity index (χ4v) is 5.77. The molecule has 0 radical (unpaired) electrons. The van der Waals surface area contributed by atoms with Gasteiger partial charge >= 0.3 is 5.97 Å². The number of benzene rings is 1. The molecule has 1 aliphatic rings. The lowest BCUT2D eigenvalue weighted by molar-refractivity contribution is 0.0186. The molecule has 1 fully saturated rings. The Hall–Kier alpha value is -3.60. The van der Waals surface area contributed by atoms with Crippen molar-refractivity contribution in [3.05, 3.63) is 64.6 Å². The molecule has 1 aromatic carbocycles. The summed E-state index contributed by atoms with van der Waals surface area (Å²) in [4.78, 5) is 18.7. The summed E-state index contributed by atoms with van der Waals surface area (Å²) < 4.78 is 13.3. The van der Waals surface area contributed by atoms with E-state index in [9.17, 15) is 10.1 Å². The fraction of sp³-hybridized carbons (Fsp3) is 0.400. The van der Waals surface area contributed by atoms with Gasteiger partial charge in [0.1, 0.15) is 6.07 Å². The van der Waals surface area contributed by atoms with Crippen LogP contribution in [0.1, 0.15) is 72.4 Å². The highest BCUT2D eigenvalue weighted by Gasteiger charge is 2.28. The first kappa shape index (κ1) is 25.1. The van der Waals surface area contributed by atoms with Crippen LogP contribution in [-0.2, 0) is 9.47 Å². The first-order valence-electron chi connectivity index (χ1n) is 13.0. The summed E-state index contributed by atoms with van der Waals surface area (Å²) in [5.74, 6) is -0.104. The van der Waals surface area contributed by atoms with Crippen LogP contribution in [0.3, 0.4) is 0 Å². The third-order valence-corrected chi connectivity index (χ3v) is 7.57. The van der Waals surface area contributed by atoms with Crippen LogP contribution in [-0.4, -0.2) is 53.2 Å². The van der Waals surface area contributed by atoms with E-state index in [0.717, 1.165) is 57.5 Å². The van der Waals surface area contributed by atoms with Gasteiger partial charge in [-0.25, -0.2) is 4.79 Å². The molecule has 1 atom stereocenters. The molecule has 192 valence electrons. The van der Waals surface area contributed by atoms with E-state index in [4.69, 9.17) is 9.47 Å². The zero-order chi connectivity index (χ0) is 26.3. The Balaban J connectivity index is 1.81. The molecule has 0 saturated carbocycles. The summed E-state index contributed by atoms with van der Waals surface area (Å²) >= 11 is 0. The third kappa shape index (κ3) is 4.30. The predicted molar refractivity (Wildman–Crippen MR) is 145 cm³/mol. The smallest absolute Gasteiger partial charge is 0.338 e. The van der Waals surface area contributed by atoms with Gasteiger partial charge in [-0.2, -0.15) is 5.26 Å². The first-order valence-corrected chi connectivity index (χ1v) is 13.0. The fourth-order valence-electron chi connectivity index (χ4n) is 5.77. The monoisotopic (exact) mass is 498 g/mol. The van der Waals surface area contributed by atoms with Gasteiger partial charge in [0.25, 0.3) is 0 Å². The van der Waals surface area contributed by atoms with Gasteiger partial charge in [0, 0.05) is 48.2 Å². The number of hydrogen-bond donors (Lipinski definition) is 1. The highest BCUT2D eigenvalue weighted by molar-refractivity contribution is 5.95. The van der Waals surface area contributed by atoms with Gasteiger partial charge < -0.3 is 18.9 Å². The van der Waals surface area contributed by atoms with Crippen molar-refractivity contribution in [1.29, 1.82) is 5.26 Å². The average Bonchev–Trinajstić information content (AvgIpc) is 3.52.